The van der Waals surface area contributed by atoms with E-state index in [0.29, 0.717) is 12.1 Å². The third-order valence-electron chi connectivity index (χ3n) is 2.66. The molecule has 118 valence electrons. The number of hydrogen-bond donors (Lipinski definition) is 1. The second kappa shape index (κ2) is 7.52. The van der Waals surface area contributed by atoms with Crippen LogP contribution in [-0.2, 0) is 16.0 Å². The Morgan fingerprint density at radius 2 is 2.18 bits per heavy atom. The van der Waals surface area contributed by atoms with Gasteiger partial charge in [-0.15, -0.1) is 9.36 Å². The Balaban J connectivity index is 2.00. The van der Waals surface area contributed by atoms with Crippen LogP contribution in [0.1, 0.15) is 13.3 Å². The summed E-state index contributed by atoms with van der Waals surface area (Å²) in [5.41, 5.74) is 0.473. The Hall–Kier alpha value is -1.71. The number of benzene rings is 1. The van der Waals surface area contributed by atoms with E-state index in [1.807, 2.05) is 0 Å². The van der Waals surface area contributed by atoms with E-state index in [0.717, 1.165) is 11.5 Å². The summed E-state index contributed by atoms with van der Waals surface area (Å²) in [4.78, 5) is 16.1. The molecule has 0 aliphatic heterocycles. The van der Waals surface area contributed by atoms with Crippen LogP contribution < -0.4 is 10.1 Å². The number of rotatable bonds is 6. The number of ether oxygens (including phenoxy) is 1. The van der Waals surface area contributed by atoms with E-state index in [1.54, 1.807) is 6.92 Å². The largest absolute Gasteiger partial charge is 0.609 e. The molecule has 0 bridgehead atoms. The summed E-state index contributed by atoms with van der Waals surface area (Å²) in [7, 11) is 0. The van der Waals surface area contributed by atoms with Crippen LogP contribution in [0.2, 0.25) is 0 Å². The summed E-state index contributed by atoms with van der Waals surface area (Å²) >= 11 is -0.356. The van der Waals surface area contributed by atoms with Crippen molar-refractivity contribution in [2.24, 2.45) is 0 Å². The second-order valence-electron chi connectivity index (χ2n) is 4.31. The summed E-state index contributed by atoms with van der Waals surface area (Å²) in [6.07, 6.45) is 1.11. The Labute approximate surface area is 134 Å². The van der Waals surface area contributed by atoms with E-state index in [9.17, 15) is 13.7 Å². The molecule has 1 amide bonds. The third-order valence-corrected chi connectivity index (χ3v) is 4.08. The summed E-state index contributed by atoms with van der Waals surface area (Å²) in [5, 5.41) is 3.00. The average Bonchev–Trinajstić information content (AvgIpc) is 2.96. The number of nitrogens with one attached hydrogen (secondary N) is 1. The van der Waals surface area contributed by atoms with Gasteiger partial charge in [0.2, 0.25) is 0 Å². The first-order valence-corrected chi connectivity index (χ1v) is 8.73. The number of anilines is 1. The number of halogens is 1. The fraction of sp³-hybridized carbons (Fsp3) is 0.308. The zero-order valence-corrected chi connectivity index (χ0v) is 13.5. The summed E-state index contributed by atoms with van der Waals surface area (Å²) in [5.74, 6) is -0.751. The van der Waals surface area contributed by atoms with Crippen molar-refractivity contribution in [2.45, 2.75) is 24.6 Å². The number of hydrogen-bond acceptors (Lipinski definition) is 6. The lowest BCUT2D eigenvalue weighted by atomic mass is 10.2. The molecule has 1 aromatic heterocycles. The van der Waals surface area contributed by atoms with Crippen molar-refractivity contribution in [1.82, 2.24) is 9.36 Å². The van der Waals surface area contributed by atoms with Crippen molar-refractivity contribution >= 4 is 34.3 Å². The van der Waals surface area contributed by atoms with E-state index < -0.39 is 17.3 Å². The van der Waals surface area contributed by atoms with Gasteiger partial charge in [-0.25, -0.2) is 4.39 Å². The average molecular weight is 343 g/mol. The maximum absolute atomic E-state index is 12.8. The number of carbonyl (C=O) groups excluding carboxylic acids is 1. The molecule has 0 fully saturated rings. The predicted molar refractivity (Wildman–Crippen MR) is 82.0 cm³/mol. The highest BCUT2D eigenvalue weighted by molar-refractivity contribution is 7.90. The molecule has 2 rings (SSSR count). The first-order chi connectivity index (χ1) is 10.5. The molecule has 1 N–H and O–H groups in total. The molecule has 6 nitrogen and oxygen atoms in total. The molecule has 0 saturated heterocycles. The SMILES string of the molecule is CCC(Oc1nc([S+](C)[O-])ns1)C(=O)Nc1ccc(F)cc1. The van der Waals surface area contributed by atoms with Crippen LogP contribution in [0.5, 0.6) is 5.19 Å². The van der Waals surface area contributed by atoms with Crippen LogP contribution in [0.25, 0.3) is 0 Å². The van der Waals surface area contributed by atoms with Crippen LogP contribution in [0, 0.1) is 5.82 Å². The van der Waals surface area contributed by atoms with Gasteiger partial charge >= 0.3 is 5.16 Å². The molecule has 0 aliphatic carbocycles. The molecular formula is C13H14FN3O3S2. The van der Waals surface area contributed by atoms with Crippen LogP contribution in [0.3, 0.4) is 0 Å². The Bertz CT molecular complexity index is 634. The Morgan fingerprint density at radius 3 is 2.73 bits per heavy atom. The minimum atomic E-state index is -1.30. The van der Waals surface area contributed by atoms with Crippen molar-refractivity contribution in [1.29, 1.82) is 0 Å². The van der Waals surface area contributed by atoms with Gasteiger partial charge < -0.3 is 14.6 Å². The van der Waals surface area contributed by atoms with Gasteiger partial charge in [0.25, 0.3) is 11.1 Å². The highest BCUT2D eigenvalue weighted by Gasteiger charge is 2.22. The van der Waals surface area contributed by atoms with Crippen molar-refractivity contribution in [3.63, 3.8) is 0 Å². The lowest BCUT2D eigenvalue weighted by Crippen LogP contribution is -2.32. The normalized spacial score (nSPS) is 13.5. The van der Waals surface area contributed by atoms with Crippen LogP contribution in [0.4, 0.5) is 10.1 Å². The molecule has 0 aliphatic rings. The zero-order chi connectivity index (χ0) is 16.1. The topological polar surface area (TPSA) is 87.2 Å². The standard InChI is InChI=1S/C13H14FN3O3S2/c1-3-10(20-13-16-12(17-21-13)22(2)19)11(18)15-9-6-4-8(14)5-7-9/h4-7,10H,3H2,1-2H3,(H,15,18). The van der Waals surface area contributed by atoms with Gasteiger partial charge in [0.05, 0.1) is 0 Å². The van der Waals surface area contributed by atoms with Gasteiger partial charge in [-0.05, 0) is 30.7 Å². The van der Waals surface area contributed by atoms with Gasteiger partial charge in [0.1, 0.15) is 12.1 Å². The van der Waals surface area contributed by atoms with Gasteiger partial charge in [-0.2, -0.15) is 0 Å². The van der Waals surface area contributed by atoms with Crippen LogP contribution in [-0.4, -0.2) is 32.2 Å². The minimum absolute atomic E-state index is 0.175. The van der Waals surface area contributed by atoms with E-state index in [4.69, 9.17) is 4.74 Å². The fourth-order valence-electron chi connectivity index (χ4n) is 1.56. The number of nitrogens with zero attached hydrogens (tertiary/aromatic N) is 2. The lowest BCUT2D eigenvalue weighted by molar-refractivity contribution is -0.122. The van der Waals surface area contributed by atoms with E-state index in [-0.39, 0.29) is 22.1 Å². The molecular weight excluding hydrogens is 329 g/mol. The quantitative estimate of drug-likeness (QED) is 0.813. The maximum Gasteiger partial charge on any atom is 0.357 e. The Kier molecular flexibility index (Phi) is 5.69. The molecule has 2 aromatic rings. The minimum Gasteiger partial charge on any atom is -0.609 e. The number of amides is 1. The summed E-state index contributed by atoms with van der Waals surface area (Å²) in [6, 6.07) is 5.43. The monoisotopic (exact) mass is 343 g/mol. The molecule has 9 heteroatoms. The van der Waals surface area contributed by atoms with Gasteiger partial charge in [0.15, 0.2) is 6.10 Å². The fourth-order valence-corrected chi connectivity index (χ4v) is 2.85. The zero-order valence-electron chi connectivity index (χ0n) is 11.9. The highest BCUT2D eigenvalue weighted by Crippen LogP contribution is 2.20. The van der Waals surface area contributed by atoms with Crippen molar-refractivity contribution in [3.05, 3.63) is 30.1 Å². The Morgan fingerprint density at radius 1 is 1.50 bits per heavy atom. The molecule has 1 heterocycles. The highest BCUT2D eigenvalue weighted by atomic mass is 32.2. The second-order valence-corrected chi connectivity index (χ2v) is 6.30. The number of aromatic nitrogens is 2. The maximum atomic E-state index is 12.8. The lowest BCUT2D eigenvalue weighted by Gasteiger charge is -2.14. The first kappa shape index (κ1) is 16.7. The van der Waals surface area contributed by atoms with Crippen LogP contribution in [0.15, 0.2) is 29.4 Å². The van der Waals surface area contributed by atoms with Crippen LogP contribution >= 0.6 is 11.5 Å². The first-order valence-electron chi connectivity index (χ1n) is 6.39. The molecule has 0 spiro atoms. The third kappa shape index (κ3) is 4.39. The molecule has 2 atom stereocenters. The van der Waals surface area contributed by atoms with Crippen molar-refractivity contribution in [3.8, 4) is 5.19 Å². The molecule has 2 unspecified atom stereocenters. The van der Waals surface area contributed by atoms with Crippen molar-refractivity contribution in [2.75, 3.05) is 11.6 Å². The molecule has 1 aromatic carbocycles. The molecule has 0 saturated carbocycles. The summed E-state index contributed by atoms with van der Waals surface area (Å²) < 4.78 is 33.4. The molecule has 22 heavy (non-hydrogen) atoms. The van der Waals surface area contributed by atoms with Crippen molar-refractivity contribution < 1.29 is 18.5 Å². The predicted octanol–water partition coefficient (Wildman–Crippen LogP) is 2.21. The smallest absolute Gasteiger partial charge is 0.357 e. The van der Waals surface area contributed by atoms with E-state index >= 15 is 0 Å². The van der Waals surface area contributed by atoms with E-state index in [2.05, 4.69) is 14.7 Å². The number of carbonyl (C=O) groups is 1. The van der Waals surface area contributed by atoms with Gasteiger partial charge in [0, 0.05) is 28.4 Å². The van der Waals surface area contributed by atoms with E-state index in [1.165, 1.54) is 30.5 Å². The summed E-state index contributed by atoms with van der Waals surface area (Å²) in [6.45, 7) is 1.79. The molecule has 0 radical (unpaired) electrons. The van der Waals surface area contributed by atoms with Gasteiger partial charge in [-0.3, -0.25) is 4.79 Å². The van der Waals surface area contributed by atoms with Gasteiger partial charge in [-0.1, -0.05) is 6.92 Å².